The molecule has 1 N–H and O–H groups in total. The van der Waals surface area contributed by atoms with E-state index in [1.165, 1.54) is 16.7 Å². The molecule has 0 saturated heterocycles. The first-order valence-corrected chi connectivity index (χ1v) is 8.74. The first-order valence-electron chi connectivity index (χ1n) is 7.93. The van der Waals surface area contributed by atoms with Gasteiger partial charge in [0, 0.05) is 6.42 Å². The molecule has 0 aliphatic heterocycles. The number of benzene rings is 1. The van der Waals surface area contributed by atoms with Crippen molar-refractivity contribution >= 4 is 27.5 Å². The van der Waals surface area contributed by atoms with Crippen molar-refractivity contribution in [3.63, 3.8) is 0 Å². The highest BCUT2D eigenvalue weighted by Crippen LogP contribution is 2.27. The molecule has 0 spiro atoms. The fourth-order valence-corrected chi connectivity index (χ4v) is 3.89. The average molecular weight is 360 g/mol. The Balaban J connectivity index is 2.23. The summed E-state index contributed by atoms with van der Waals surface area (Å²) < 4.78 is 15.0. The lowest BCUT2D eigenvalue weighted by molar-refractivity contribution is 0.0701. The lowest BCUT2D eigenvalue weighted by atomic mass is 10.2. The standard InChI is InChI=1S/C18H17FN2O3S/c1-3-5-13-20-16-14(10(2)15(25-16)18(23)24)17(22)21(13)9-11-6-4-7-12(19)8-11/h4,6-8H,3,5,9H2,1-2H3,(H,23,24). The van der Waals surface area contributed by atoms with Gasteiger partial charge in [-0.05, 0) is 36.6 Å². The van der Waals surface area contributed by atoms with E-state index in [2.05, 4.69) is 4.98 Å². The van der Waals surface area contributed by atoms with Gasteiger partial charge in [0.05, 0.1) is 11.9 Å². The summed E-state index contributed by atoms with van der Waals surface area (Å²) in [5, 5.41) is 9.63. The highest BCUT2D eigenvalue weighted by atomic mass is 32.1. The Kier molecular flexibility index (Phi) is 4.67. The van der Waals surface area contributed by atoms with Crippen LogP contribution >= 0.6 is 11.3 Å². The fourth-order valence-electron chi connectivity index (χ4n) is 2.86. The molecule has 0 unspecified atom stereocenters. The van der Waals surface area contributed by atoms with Crippen molar-refractivity contribution in [3.8, 4) is 0 Å². The predicted octanol–water partition coefficient (Wildman–Crippen LogP) is 3.60. The summed E-state index contributed by atoms with van der Waals surface area (Å²) in [6, 6.07) is 6.08. The minimum Gasteiger partial charge on any atom is -0.477 e. The zero-order chi connectivity index (χ0) is 18.1. The van der Waals surface area contributed by atoms with Crippen LogP contribution in [0, 0.1) is 12.7 Å². The van der Waals surface area contributed by atoms with Crippen LogP contribution in [0.4, 0.5) is 4.39 Å². The third-order valence-corrected chi connectivity index (χ3v) is 5.20. The molecular formula is C18H17FN2O3S. The fraction of sp³-hybridized carbons (Fsp3) is 0.278. The normalized spacial score (nSPS) is 11.2. The highest BCUT2D eigenvalue weighted by Gasteiger charge is 2.21. The molecule has 0 fully saturated rings. The van der Waals surface area contributed by atoms with Gasteiger partial charge in [-0.25, -0.2) is 14.2 Å². The van der Waals surface area contributed by atoms with E-state index in [4.69, 9.17) is 0 Å². The second kappa shape index (κ2) is 6.76. The van der Waals surface area contributed by atoms with E-state index in [0.717, 1.165) is 17.8 Å². The lowest BCUT2D eigenvalue weighted by Crippen LogP contribution is -2.26. The topological polar surface area (TPSA) is 72.2 Å². The van der Waals surface area contributed by atoms with Gasteiger partial charge in [0.2, 0.25) is 0 Å². The first kappa shape index (κ1) is 17.3. The van der Waals surface area contributed by atoms with Gasteiger partial charge in [-0.2, -0.15) is 0 Å². The second-order valence-corrected chi connectivity index (χ2v) is 6.84. The maximum atomic E-state index is 13.5. The summed E-state index contributed by atoms with van der Waals surface area (Å²) in [6.07, 6.45) is 1.37. The molecule has 2 heterocycles. The molecule has 0 aliphatic carbocycles. The number of carboxylic acids is 1. The van der Waals surface area contributed by atoms with Crippen LogP contribution in [-0.4, -0.2) is 20.6 Å². The van der Waals surface area contributed by atoms with Crippen LogP contribution < -0.4 is 5.56 Å². The Morgan fingerprint density at radius 2 is 2.16 bits per heavy atom. The van der Waals surface area contributed by atoms with Crippen molar-refractivity contribution in [2.24, 2.45) is 0 Å². The molecule has 130 valence electrons. The molecule has 25 heavy (non-hydrogen) atoms. The van der Waals surface area contributed by atoms with Crippen LogP contribution in [0.5, 0.6) is 0 Å². The minimum atomic E-state index is -1.06. The van der Waals surface area contributed by atoms with Gasteiger partial charge in [0.25, 0.3) is 5.56 Å². The zero-order valence-electron chi connectivity index (χ0n) is 13.9. The maximum Gasteiger partial charge on any atom is 0.346 e. The molecule has 0 radical (unpaired) electrons. The van der Waals surface area contributed by atoms with E-state index >= 15 is 0 Å². The Labute approximate surface area is 147 Å². The third kappa shape index (κ3) is 3.19. The number of hydrogen-bond acceptors (Lipinski definition) is 4. The molecule has 0 bridgehead atoms. The number of halogens is 1. The van der Waals surface area contributed by atoms with Crippen LogP contribution in [0.15, 0.2) is 29.1 Å². The number of thiophene rings is 1. The van der Waals surface area contributed by atoms with E-state index in [0.29, 0.717) is 33.6 Å². The molecule has 0 amide bonds. The van der Waals surface area contributed by atoms with Crippen molar-refractivity contribution in [2.45, 2.75) is 33.2 Å². The number of nitrogens with zero attached hydrogens (tertiary/aromatic N) is 2. The van der Waals surface area contributed by atoms with Gasteiger partial charge >= 0.3 is 5.97 Å². The largest absolute Gasteiger partial charge is 0.477 e. The zero-order valence-corrected chi connectivity index (χ0v) is 14.7. The highest BCUT2D eigenvalue weighted by molar-refractivity contribution is 7.20. The summed E-state index contributed by atoms with van der Waals surface area (Å²) in [5.41, 5.74) is 0.812. The predicted molar refractivity (Wildman–Crippen MR) is 95.1 cm³/mol. The maximum absolute atomic E-state index is 13.5. The second-order valence-electron chi connectivity index (χ2n) is 5.84. The Bertz CT molecular complexity index is 1020. The molecular weight excluding hydrogens is 343 g/mol. The van der Waals surface area contributed by atoms with Crippen molar-refractivity contribution in [1.29, 1.82) is 0 Å². The van der Waals surface area contributed by atoms with Crippen molar-refractivity contribution in [2.75, 3.05) is 0 Å². The summed E-state index contributed by atoms with van der Waals surface area (Å²) in [6.45, 7) is 3.80. The quantitative estimate of drug-likeness (QED) is 0.754. The van der Waals surface area contributed by atoms with Crippen LogP contribution in [-0.2, 0) is 13.0 Å². The lowest BCUT2D eigenvalue weighted by Gasteiger charge is -2.12. The number of carboxylic acid groups (broad SMARTS) is 1. The SMILES string of the molecule is CCCc1nc2sc(C(=O)O)c(C)c2c(=O)n1Cc1cccc(F)c1. The van der Waals surface area contributed by atoms with Crippen LogP contribution in [0.1, 0.15) is 40.0 Å². The smallest absolute Gasteiger partial charge is 0.346 e. The van der Waals surface area contributed by atoms with Crippen molar-refractivity contribution in [1.82, 2.24) is 9.55 Å². The number of carbonyl (C=O) groups is 1. The molecule has 3 rings (SSSR count). The Hall–Kier alpha value is -2.54. The Morgan fingerprint density at radius 1 is 1.40 bits per heavy atom. The number of aromatic carboxylic acids is 1. The summed E-state index contributed by atoms with van der Waals surface area (Å²) in [4.78, 5) is 29.5. The van der Waals surface area contributed by atoms with Crippen LogP contribution in [0.2, 0.25) is 0 Å². The number of fused-ring (bicyclic) bond motifs is 1. The first-order chi connectivity index (χ1) is 11.9. The molecule has 2 aromatic heterocycles. The minimum absolute atomic E-state index is 0.130. The van der Waals surface area contributed by atoms with Gasteiger partial charge in [-0.3, -0.25) is 9.36 Å². The van der Waals surface area contributed by atoms with E-state index in [1.807, 2.05) is 6.92 Å². The number of rotatable bonds is 5. The van der Waals surface area contributed by atoms with Gasteiger partial charge in [0.1, 0.15) is 21.3 Å². The van der Waals surface area contributed by atoms with Crippen molar-refractivity contribution < 1.29 is 14.3 Å². The summed E-state index contributed by atoms with van der Waals surface area (Å²) in [5.74, 6) is -0.840. The Morgan fingerprint density at radius 3 is 2.80 bits per heavy atom. The molecule has 0 saturated carbocycles. The average Bonchev–Trinajstić information content (AvgIpc) is 2.88. The van der Waals surface area contributed by atoms with Gasteiger partial charge in [-0.15, -0.1) is 11.3 Å². The molecule has 0 atom stereocenters. The van der Waals surface area contributed by atoms with Crippen LogP contribution in [0.3, 0.4) is 0 Å². The molecule has 0 aliphatic rings. The number of aryl methyl sites for hydroxylation is 2. The van der Waals surface area contributed by atoms with E-state index < -0.39 is 5.97 Å². The number of hydrogen-bond donors (Lipinski definition) is 1. The number of aromatic nitrogens is 2. The van der Waals surface area contributed by atoms with E-state index in [1.54, 1.807) is 19.1 Å². The summed E-state index contributed by atoms with van der Waals surface area (Å²) >= 11 is 1.02. The molecule has 7 heteroatoms. The van der Waals surface area contributed by atoms with Crippen LogP contribution in [0.25, 0.3) is 10.2 Å². The van der Waals surface area contributed by atoms with Gasteiger partial charge < -0.3 is 5.11 Å². The van der Waals surface area contributed by atoms with Gasteiger partial charge in [0.15, 0.2) is 0 Å². The van der Waals surface area contributed by atoms with Crippen molar-refractivity contribution in [3.05, 3.63) is 62.3 Å². The third-order valence-electron chi connectivity index (χ3n) is 4.03. The monoisotopic (exact) mass is 360 g/mol. The van der Waals surface area contributed by atoms with Gasteiger partial charge in [-0.1, -0.05) is 19.1 Å². The molecule has 1 aromatic carbocycles. The molecule has 3 aromatic rings. The van der Waals surface area contributed by atoms with E-state index in [-0.39, 0.29) is 22.8 Å². The van der Waals surface area contributed by atoms with E-state index in [9.17, 15) is 19.1 Å². The summed E-state index contributed by atoms with van der Waals surface area (Å²) in [7, 11) is 0. The molecule has 5 nitrogen and oxygen atoms in total.